The van der Waals surface area contributed by atoms with E-state index in [1.54, 1.807) is 0 Å². The lowest BCUT2D eigenvalue weighted by Crippen LogP contribution is -2.04. The van der Waals surface area contributed by atoms with Crippen LogP contribution in [0.4, 0.5) is 11.4 Å². The number of rotatable bonds is 7. The van der Waals surface area contributed by atoms with Gasteiger partial charge in [0, 0.05) is 30.1 Å². The van der Waals surface area contributed by atoms with Crippen LogP contribution in [0.2, 0.25) is 0 Å². The predicted octanol–water partition coefficient (Wildman–Crippen LogP) is 3.52. The van der Waals surface area contributed by atoms with Gasteiger partial charge >= 0.3 is 0 Å². The minimum atomic E-state index is 0.663. The molecule has 96 valence electrons. The summed E-state index contributed by atoms with van der Waals surface area (Å²) in [4.78, 5) is 0. The van der Waals surface area contributed by atoms with Crippen LogP contribution in [0.5, 0.6) is 5.75 Å². The number of hydrogen-bond acceptors (Lipinski definition) is 3. The van der Waals surface area contributed by atoms with Crippen molar-refractivity contribution in [2.75, 3.05) is 24.2 Å². The van der Waals surface area contributed by atoms with E-state index in [9.17, 15) is 0 Å². The molecule has 17 heavy (non-hydrogen) atoms. The molecule has 3 N–H and O–H groups in total. The standard InChI is InChI=1S/C14H24N2O/c1-4-17-14-9-12(15)8-13(10-14)16-7-5-6-11(2)3/h8-11,16H,4-7,15H2,1-3H3. The topological polar surface area (TPSA) is 47.3 Å². The molecule has 0 radical (unpaired) electrons. The van der Waals surface area contributed by atoms with Crippen molar-refractivity contribution in [3.8, 4) is 5.75 Å². The average Bonchev–Trinajstić information content (AvgIpc) is 2.24. The molecule has 0 aliphatic rings. The summed E-state index contributed by atoms with van der Waals surface area (Å²) in [5.41, 5.74) is 7.60. The smallest absolute Gasteiger partial charge is 0.123 e. The van der Waals surface area contributed by atoms with Crippen molar-refractivity contribution in [1.29, 1.82) is 0 Å². The van der Waals surface area contributed by atoms with Crippen molar-refractivity contribution in [3.05, 3.63) is 18.2 Å². The zero-order valence-corrected chi connectivity index (χ0v) is 11.1. The summed E-state index contributed by atoms with van der Waals surface area (Å²) in [6, 6.07) is 5.79. The van der Waals surface area contributed by atoms with E-state index in [0.29, 0.717) is 6.61 Å². The van der Waals surface area contributed by atoms with Gasteiger partial charge in [0.25, 0.3) is 0 Å². The minimum Gasteiger partial charge on any atom is -0.494 e. The van der Waals surface area contributed by atoms with Crippen LogP contribution in [-0.4, -0.2) is 13.2 Å². The molecule has 3 heteroatoms. The third kappa shape index (κ3) is 5.48. The highest BCUT2D eigenvalue weighted by molar-refractivity contribution is 5.59. The lowest BCUT2D eigenvalue weighted by atomic mass is 10.1. The van der Waals surface area contributed by atoms with E-state index in [2.05, 4.69) is 19.2 Å². The van der Waals surface area contributed by atoms with E-state index in [-0.39, 0.29) is 0 Å². The molecule has 1 aromatic rings. The van der Waals surface area contributed by atoms with Crippen LogP contribution in [0.3, 0.4) is 0 Å². The summed E-state index contributed by atoms with van der Waals surface area (Å²) in [6.45, 7) is 8.10. The second-order valence-electron chi connectivity index (χ2n) is 4.69. The van der Waals surface area contributed by atoms with E-state index in [1.165, 1.54) is 12.8 Å². The van der Waals surface area contributed by atoms with Gasteiger partial charge in [-0.05, 0) is 31.7 Å². The van der Waals surface area contributed by atoms with E-state index in [1.807, 2.05) is 25.1 Å². The Morgan fingerprint density at radius 3 is 2.71 bits per heavy atom. The molecule has 0 heterocycles. The zero-order valence-electron chi connectivity index (χ0n) is 11.1. The zero-order chi connectivity index (χ0) is 12.7. The summed E-state index contributed by atoms with van der Waals surface area (Å²) in [6.07, 6.45) is 2.42. The Balaban J connectivity index is 2.46. The van der Waals surface area contributed by atoms with Crippen LogP contribution in [-0.2, 0) is 0 Å². The predicted molar refractivity (Wildman–Crippen MR) is 74.6 cm³/mol. The van der Waals surface area contributed by atoms with E-state index in [0.717, 1.165) is 29.6 Å². The lowest BCUT2D eigenvalue weighted by molar-refractivity contribution is 0.340. The van der Waals surface area contributed by atoms with Gasteiger partial charge in [0.15, 0.2) is 0 Å². The van der Waals surface area contributed by atoms with E-state index in [4.69, 9.17) is 10.5 Å². The summed E-state index contributed by atoms with van der Waals surface area (Å²) in [5.74, 6) is 1.59. The molecule has 3 nitrogen and oxygen atoms in total. The monoisotopic (exact) mass is 236 g/mol. The molecule has 1 aromatic carbocycles. The molecule has 0 bridgehead atoms. The third-order valence-electron chi connectivity index (χ3n) is 2.53. The first-order valence-corrected chi connectivity index (χ1v) is 6.39. The molecule has 0 saturated heterocycles. The molecule has 1 rings (SSSR count). The molecule has 0 unspecified atom stereocenters. The highest BCUT2D eigenvalue weighted by Crippen LogP contribution is 2.22. The Labute approximate surface area is 104 Å². The first-order valence-electron chi connectivity index (χ1n) is 6.39. The molecule has 0 fully saturated rings. The number of nitrogens with two attached hydrogens (primary N) is 1. The number of ether oxygens (including phenoxy) is 1. The van der Waals surface area contributed by atoms with Crippen LogP contribution in [0, 0.1) is 5.92 Å². The Bertz CT molecular complexity index is 337. The Morgan fingerprint density at radius 2 is 2.06 bits per heavy atom. The summed E-state index contributed by atoms with van der Waals surface area (Å²) >= 11 is 0. The minimum absolute atomic E-state index is 0.663. The van der Waals surface area contributed by atoms with Gasteiger partial charge in [-0.2, -0.15) is 0 Å². The highest BCUT2D eigenvalue weighted by Gasteiger charge is 2.00. The fraction of sp³-hybridized carbons (Fsp3) is 0.571. The van der Waals surface area contributed by atoms with Gasteiger partial charge in [-0.15, -0.1) is 0 Å². The van der Waals surface area contributed by atoms with E-state index < -0.39 is 0 Å². The van der Waals surface area contributed by atoms with Gasteiger partial charge in [0.05, 0.1) is 6.61 Å². The van der Waals surface area contributed by atoms with Crippen LogP contribution >= 0.6 is 0 Å². The first kappa shape index (κ1) is 13.7. The first-order chi connectivity index (χ1) is 8.11. The third-order valence-corrected chi connectivity index (χ3v) is 2.53. The van der Waals surface area contributed by atoms with Gasteiger partial charge in [-0.25, -0.2) is 0 Å². The fourth-order valence-electron chi connectivity index (χ4n) is 1.72. The quantitative estimate of drug-likeness (QED) is 0.562. The van der Waals surface area contributed by atoms with Crippen molar-refractivity contribution >= 4 is 11.4 Å². The molecular formula is C14H24N2O. The molecule has 0 atom stereocenters. The molecular weight excluding hydrogens is 212 g/mol. The van der Waals surface area contributed by atoms with Crippen molar-refractivity contribution in [2.24, 2.45) is 5.92 Å². The van der Waals surface area contributed by atoms with Gasteiger partial charge in [0.2, 0.25) is 0 Å². The Hall–Kier alpha value is -1.38. The highest BCUT2D eigenvalue weighted by atomic mass is 16.5. The number of nitrogen functional groups attached to an aromatic ring is 1. The maximum absolute atomic E-state index is 5.82. The SMILES string of the molecule is CCOc1cc(N)cc(NCCCC(C)C)c1. The molecule has 0 spiro atoms. The Kier molecular flexibility index (Phi) is 5.67. The van der Waals surface area contributed by atoms with Crippen molar-refractivity contribution in [3.63, 3.8) is 0 Å². The van der Waals surface area contributed by atoms with Crippen molar-refractivity contribution in [1.82, 2.24) is 0 Å². The average molecular weight is 236 g/mol. The summed E-state index contributed by atoms with van der Waals surface area (Å²) < 4.78 is 5.45. The molecule has 0 amide bonds. The molecule has 0 aromatic heterocycles. The van der Waals surface area contributed by atoms with Crippen molar-refractivity contribution in [2.45, 2.75) is 33.6 Å². The number of anilines is 2. The second kappa shape index (κ2) is 7.05. The summed E-state index contributed by atoms with van der Waals surface area (Å²) in [7, 11) is 0. The van der Waals surface area contributed by atoms with Gasteiger partial charge in [-0.3, -0.25) is 0 Å². The van der Waals surface area contributed by atoms with E-state index >= 15 is 0 Å². The number of hydrogen-bond donors (Lipinski definition) is 2. The van der Waals surface area contributed by atoms with Crippen LogP contribution in [0.15, 0.2) is 18.2 Å². The van der Waals surface area contributed by atoms with Gasteiger partial charge in [0.1, 0.15) is 5.75 Å². The number of benzene rings is 1. The molecule has 0 aliphatic carbocycles. The maximum atomic E-state index is 5.82. The maximum Gasteiger partial charge on any atom is 0.123 e. The summed E-state index contributed by atoms with van der Waals surface area (Å²) in [5, 5.41) is 3.38. The molecule has 0 aliphatic heterocycles. The largest absolute Gasteiger partial charge is 0.494 e. The van der Waals surface area contributed by atoms with Crippen LogP contribution in [0.1, 0.15) is 33.6 Å². The lowest BCUT2D eigenvalue weighted by Gasteiger charge is -2.11. The number of nitrogens with one attached hydrogen (secondary N) is 1. The van der Waals surface area contributed by atoms with Gasteiger partial charge in [-0.1, -0.05) is 13.8 Å². The van der Waals surface area contributed by atoms with Crippen molar-refractivity contribution < 1.29 is 4.74 Å². The second-order valence-corrected chi connectivity index (χ2v) is 4.69. The van der Waals surface area contributed by atoms with Crippen LogP contribution < -0.4 is 15.8 Å². The normalized spacial score (nSPS) is 10.6. The van der Waals surface area contributed by atoms with Crippen LogP contribution in [0.25, 0.3) is 0 Å². The fourth-order valence-corrected chi connectivity index (χ4v) is 1.72. The van der Waals surface area contributed by atoms with Gasteiger partial charge < -0.3 is 15.8 Å². The molecule has 0 saturated carbocycles. The Morgan fingerprint density at radius 1 is 1.29 bits per heavy atom.